The van der Waals surface area contributed by atoms with Gasteiger partial charge < -0.3 is 0 Å². The first-order valence-electron chi connectivity index (χ1n) is 1.60. The predicted molar refractivity (Wildman–Crippen MR) is 23.8 cm³/mol. The summed E-state index contributed by atoms with van der Waals surface area (Å²) in [6, 6.07) is 0. The Labute approximate surface area is 37.4 Å². The van der Waals surface area contributed by atoms with Gasteiger partial charge in [-0.05, 0) is 10.4 Å². The molecule has 5 heteroatoms. The Morgan fingerprint density at radius 1 is 1.67 bits per heavy atom. The minimum atomic E-state index is 0.884. The van der Waals surface area contributed by atoms with Gasteiger partial charge in [-0.25, -0.2) is 5.10 Å². The molecule has 0 spiro atoms. The summed E-state index contributed by atoms with van der Waals surface area (Å²) in [7, 11) is 0.904. The van der Waals surface area contributed by atoms with Crippen molar-refractivity contribution in [3.8, 4) is 0 Å². The zero-order valence-corrected chi connectivity index (χ0v) is 5.34. The van der Waals surface area contributed by atoms with E-state index in [0.29, 0.717) is 0 Å². The highest BCUT2D eigenvalue weighted by Gasteiger charge is 1.77. The maximum absolute atomic E-state index is 3.56. The zero-order valence-electron chi connectivity index (χ0n) is 3.34. The lowest BCUT2D eigenvalue weighted by molar-refractivity contribution is 0.881. The van der Waals surface area contributed by atoms with Gasteiger partial charge in [-0.1, -0.05) is 0 Å². The third-order valence-corrected chi connectivity index (χ3v) is 0.875. The summed E-state index contributed by atoms with van der Waals surface area (Å²) in [5.41, 5.74) is 0.884. The van der Waals surface area contributed by atoms with E-state index in [4.69, 9.17) is 0 Å². The van der Waals surface area contributed by atoms with Gasteiger partial charge in [-0.15, -0.1) is 5.10 Å². The molecular formula is CH4N4Si. The van der Waals surface area contributed by atoms with Gasteiger partial charge in [0.1, 0.15) is 5.45 Å². The number of hydrogen-bond acceptors (Lipinski definition) is 3. The fraction of sp³-hybridized carbons (Fsp3) is 0. The van der Waals surface area contributed by atoms with Crippen LogP contribution in [0.1, 0.15) is 0 Å². The molecule has 1 heterocycles. The van der Waals surface area contributed by atoms with Crippen molar-refractivity contribution >= 4 is 15.7 Å². The average Bonchev–Trinajstić information content (AvgIpc) is 1.86. The molecule has 0 aliphatic rings. The molecule has 1 rings (SSSR count). The summed E-state index contributed by atoms with van der Waals surface area (Å²) in [4.78, 5) is 0. The molecule has 0 atom stereocenters. The summed E-state index contributed by atoms with van der Waals surface area (Å²) >= 11 is 0. The molecule has 0 fully saturated rings. The standard InChI is InChI=1S/CH4N4Si/c6-1-2-4-5-3-1/h6H3,(H,2,3,4,5). The van der Waals surface area contributed by atoms with E-state index in [-0.39, 0.29) is 0 Å². The third kappa shape index (κ3) is 0.435. The molecule has 0 unspecified atom stereocenters. The van der Waals surface area contributed by atoms with Crippen LogP contribution in [0.15, 0.2) is 0 Å². The molecule has 4 nitrogen and oxygen atoms in total. The smallest absolute Gasteiger partial charge is 0.114 e. The fourth-order valence-electron chi connectivity index (χ4n) is 0.207. The topological polar surface area (TPSA) is 54.5 Å². The molecule has 0 aliphatic carbocycles. The van der Waals surface area contributed by atoms with Crippen LogP contribution in [0.2, 0.25) is 0 Å². The van der Waals surface area contributed by atoms with E-state index in [1.165, 1.54) is 0 Å². The molecule has 0 aromatic carbocycles. The second-order valence-electron chi connectivity index (χ2n) is 0.987. The molecule has 0 bridgehead atoms. The Bertz CT molecular complexity index is 111. The number of tetrazole rings is 1. The summed E-state index contributed by atoms with van der Waals surface area (Å²) in [5.74, 6) is 0. The van der Waals surface area contributed by atoms with Crippen molar-refractivity contribution in [2.75, 3.05) is 0 Å². The van der Waals surface area contributed by atoms with Crippen LogP contribution < -0.4 is 5.45 Å². The highest BCUT2D eigenvalue weighted by Crippen LogP contribution is 1.39. The van der Waals surface area contributed by atoms with E-state index < -0.39 is 0 Å². The molecular weight excluding hydrogens is 96.1 g/mol. The Morgan fingerprint density at radius 2 is 2.50 bits per heavy atom. The average molecular weight is 100 g/mol. The Kier molecular flexibility index (Phi) is 0.679. The molecule has 0 amide bonds. The number of H-pyrrole nitrogens is 1. The second kappa shape index (κ2) is 1.17. The van der Waals surface area contributed by atoms with E-state index in [1.54, 1.807) is 0 Å². The number of hydrogen-bond donors (Lipinski definition) is 1. The first-order chi connectivity index (χ1) is 2.89. The minimum absolute atomic E-state index is 0.884. The highest BCUT2D eigenvalue weighted by atomic mass is 28.1. The number of nitrogens with zero attached hydrogens (tertiary/aromatic N) is 3. The molecule has 0 radical (unpaired) electrons. The molecule has 6 heavy (non-hydrogen) atoms. The largest absolute Gasteiger partial charge is 0.248 e. The monoisotopic (exact) mass is 100 g/mol. The van der Waals surface area contributed by atoms with Crippen molar-refractivity contribution in [2.45, 2.75) is 0 Å². The quantitative estimate of drug-likeness (QED) is 0.358. The first-order valence-corrected chi connectivity index (χ1v) is 2.60. The van der Waals surface area contributed by atoms with Gasteiger partial charge in [0.05, 0.1) is 10.2 Å². The number of aromatic nitrogens is 4. The number of rotatable bonds is 0. The van der Waals surface area contributed by atoms with Crippen molar-refractivity contribution in [1.82, 2.24) is 20.6 Å². The molecule has 1 aromatic rings. The molecule has 0 saturated carbocycles. The second-order valence-corrected chi connectivity index (χ2v) is 1.93. The normalized spacial score (nSPS) is 9.33. The van der Waals surface area contributed by atoms with Crippen LogP contribution in [0.4, 0.5) is 0 Å². The van der Waals surface area contributed by atoms with Gasteiger partial charge in [0, 0.05) is 0 Å². The summed E-state index contributed by atoms with van der Waals surface area (Å²) in [6.45, 7) is 0. The molecule has 0 saturated heterocycles. The number of nitrogens with one attached hydrogen (secondary N) is 1. The van der Waals surface area contributed by atoms with Crippen molar-refractivity contribution in [3.05, 3.63) is 0 Å². The maximum Gasteiger partial charge on any atom is 0.114 e. The van der Waals surface area contributed by atoms with Crippen molar-refractivity contribution < 1.29 is 0 Å². The number of aromatic amines is 1. The predicted octanol–water partition coefficient (Wildman–Crippen LogP) is -2.81. The lowest BCUT2D eigenvalue weighted by Gasteiger charge is -1.62. The van der Waals surface area contributed by atoms with Gasteiger partial charge in [0.25, 0.3) is 0 Å². The lowest BCUT2D eigenvalue weighted by Crippen LogP contribution is -2.05. The SMILES string of the molecule is [SiH3]c1nnn[nH]1. The molecule has 0 aliphatic heterocycles. The van der Waals surface area contributed by atoms with Crippen molar-refractivity contribution in [2.24, 2.45) is 0 Å². The van der Waals surface area contributed by atoms with Gasteiger partial charge >= 0.3 is 0 Å². The molecule has 1 N–H and O–H groups in total. The van der Waals surface area contributed by atoms with Crippen LogP contribution >= 0.6 is 0 Å². The van der Waals surface area contributed by atoms with Crippen LogP contribution in [-0.4, -0.2) is 30.9 Å². The van der Waals surface area contributed by atoms with Crippen molar-refractivity contribution in [1.29, 1.82) is 0 Å². The van der Waals surface area contributed by atoms with E-state index >= 15 is 0 Å². The van der Waals surface area contributed by atoms with Crippen LogP contribution in [0.5, 0.6) is 0 Å². The molecule has 1 aromatic heterocycles. The van der Waals surface area contributed by atoms with Crippen LogP contribution in [0.3, 0.4) is 0 Å². The summed E-state index contributed by atoms with van der Waals surface area (Å²) in [6.07, 6.45) is 0. The Hall–Kier alpha value is -0.713. The van der Waals surface area contributed by atoms with Crippen LogP contribution in [0, 0.1) is 0 Å². The van der Waals surface area contributed by atoms with E-state index in [0.717, 1.165) is 15.7 Å². The maximum atomic E-state index is 3.56. The third-order valence-electron chi connectivity index (χ3n) is 0.451. The zero-order chi connectivity index (χ0) is 4.41. The Morgan fingerprint density at radius 3 is 2.67 bits per heavy atom. The first kappa shape index (κ1) is 3.48. The lowest BCUT2D eigenvalue weighted by atomic mass is 11.4. The van der Waals surface area contributed by atoms with Gasteiger partial charge in [-0.3, -0.25) is 0 Å². The van der Waals surface area contributed by atoms with E-state index in [9.17, 15) is 0 Å². The Balaban J connectivity index is 3.05. The van der Waals surface area contributed by atoms with E-state index in [1.807, 2.05) is 0 Å². The van der Waals surface area contributed by atoms with Crippen LogP contribution in [-0.2, 0) is 0 Å². The summed E-state index contributed by atoms with van der Waals surface area (Å²) in [5, 5.41) is 12.8. The fourth-order valence-corrected chi connectivity index (χ4v) is 0.396. The molecule has 32 valence electrons. The van der Waals surface area contributed by atoms with Gasteiger partial charge in [0.2, 0.25) is 0 Å². The van der Waals surface area contributed by atoms with E-state index in [2.05, 4.69) is 20.6 Å². The van der Waals surface area contributed by atoms with Gasteiger partial charge in [-0.2, -0.15) is 0 Å². The van der Waals surface area contributed by atoms with Crippen LogP contribution in [0.25, 0.3) is 0 Å². The highest BCUT2D eigenvalue weighted by molar-refractivity contribution is 6.28. The van der Waals surface area contributed by atoms with Gasteiger partial charge in [0.15, 0.2) is 0 Å². The van der Waals surface area contributed by atoms with Crippen molar-refractivity contribution in [3.63, 3.8) is 0 Å². The minimum Gasteiger partial charge on any atom is -0.248 e. The summed E-state index contributed by atoms with van der Waals surface area (Å²) < 4.78 is 0.